The summed E-state index contributed by atoms with van der Waals surface area (Å²) in [6.07, 6.45) is 3.24. The summed E-state index contributed by atoms with van der Waals surface area (Å²) >= 11 is 1.49. The average molecular weight is 332 g/mol. The number of sulfonamides is 1. The van der Waals surface area contributed by atoms with Gasteiger partial charge < -0.3 is 10.6 Å². The molecule has 0 saturated carbocycles. The predicted molar refractivity (Wildman–Crippen MR) is 81.2 cm³/mol. The number of amides is 1. The molecule has 19 heavy (non-hydrogen) atoms. The molecule has 114 valence electrons. The molecular formula is C10H22ClN3O3S2. The summed E-state index contributed by atoms with van der Waals surface area (Å²) in [7, 11) is -3.12. The quantitative estimate of drug-likeness (QED) is 0.622. The first-order chi connectivity index (χ1) is 8.40. The molecule has 1 fully saturated rings. The summed E-state index contributed by atoms with van der Waals surface area (Å²) in [6, 6.07) is -0.480. The Hall–Kier alpha value is -0.0200. The fourth-order valence-electron chi connectivity index (χ4n) is 1.75. The molecular weight excluding hydrogens is 310 g/mol. The summed E-state index contributed by atoms with van der Waals surface area (Å²) < 4.78 is 24.0. The van der Waals surface area contributed by atoms with Crippen LogP contribution in [0.15, 0.2) is 0 Å². The van der Waals surface area contributed by atoms with E-state index in [1.807, 2.05) is 0 Å². The molecule has 0 aromatic carbocycles. The number of halogens is 1. The monoisotopic (exact) mass is 331 g/mol. The van der Waals surface area contributed by atoms with Gasteiger partial charge in [0.25, 0.3) is 0 Å². The molecule has 0 aliphatic carbocycles. The number of likely N-dealkylation sites (tertiary alicyclic amines) is 1. The minimum atomic E-state index is -3.12. The average Bonchev–Trinajstić information content (AvgIpc) is 2.79. The zero-order valence-corrected chi connectivity index (χ0v) is 13.5. The Labute approximate surface area is 125 Å². The molecule has 1 heterocycles. The molecule has 6 nitrogen and oxygen atoms in total. The van der Waals surface area contributed by atoms with E-state index in [1.165, 1.54) is 11.8 Å². The van der Waals surface area contributed by atoms with Gasteiger partial charge in [-0.15, -0.1) is 12.4 Å². The van der Waals surface area contributed by atoms with E-state index in [2.05, 4.69) is 4.72 Å². The standard InChI is InChI=1S/C10H21N3O3S2.ClH/c1-18(15,16)12-4-7-17-8-9(11)10(14)13-5-2-3-6-13;/h9,12H,2-8,11H2,1H3;1H/t9-;/m1./s1. The SMILES string of the molecule is CS(=O)(=O)NCCSC[C@@H](N)C(=O)N1CCCC1.Cl. The smallest absolute Gasteiger partial charge is 0.240 e. The second-order valence-corrected chi connectivity index (χ2v) is 7.36. The number of carbonyl (C=O) groups is 1. The van der Waals surface area contributed by atoms with Crippen molar-refractivity contribution in [2.75, 3.05) is 37.4 Å². The second-order valence-electron chi connectivity index (χ2n) is 4.38. The Kier molecular flexibility index (Phi) is 9.01. The van der Waals surface area contributed by atoms with Crippen LogP contribution in [0.2, 0.25) is 0 Å². The third-order valence-corrected chi connectivity index (χ3v) is 4.46. The third kappa shape index (κ3) is 7.98. The number of hydrogen-bond donors (Lipinski definition) is 2. The predicted octanol–water partition coefficient (Wildman–Crippen LogP) is -0.360. The van der Waals surface area contributed by atoms with Gasteiger partial charge >= 0.3 is 0 Å². The van der Waals surface area contributed by atoms with Crippen LogP contribution in [0.1, 0.15) is 12.8 Å². The number of thioether (sulfide) groups is 1. The fourth-order valence-corrected chi connectivity index (χ4v) is 3.16. The fraction of sp³-hybridized carbons (Fsp3) is 0.900. The van der Waals surface area contributed by atoms with Crippen molar-refractivity contribution in [3.8, 4) is 0 Å². The molecule has 1 aliphatic rings. The lowest BCUT2D eigenvalue weighted by Crippen LogP contribution is -2.44. The molecule has 1 atom stereocenters. The molecule has 1 aliphatic heterocycles. The number of nitrogens with one attached hydrogen (secondary N) is 1. The molecule has 0 aromatic heterocycles. The number of nitrogens with zero attached hydrogens (tertiary/aromatic N) is 1. The molecule has 0 spiro atoms. The first-order valence-corrected chi connectivity index (χ1v) is 9.01. The lowest BCUT2D eigenvalue weighted by atomic mass is 10.3. The second kappa shape index (κ2) is 9.02. The van der Waals surface area contributed by atoms with Gasteiger partial charge in [-0.3, -0.25) is 4.79 Å². The maximum absolute atomic E-state index is 11.8. The topological polar surface area (TPSA) is 92.5 Å². The van der Waals surface area contributed by atoms with Gasteiger partial charge in [-0.25, -0.2) is 13.1 Å². The van der Waals surface area contributed by atoms with Crippen LogP contribution in [0.4, 0.5) is 0 Å². The Morgan fingerprint density at radius 3 is 2.53 bits per heavy atom. The van der Waals surface area contributed by atoms with Crippen LogP contribution in [0.25, 0.3) is 0 Å². The summed E-state index contributed by atoms with van der Waals surface area (Å²) in [5.74, 6) is 1.16. The Bertz CT molecular complexity index is 372. The van der Waals surface area contributed by atoms with Gasteiger partial charge in [0.05, 0.1) is 12.3 Å². The Morgan fingerprint density at radius 2 is 2.00 bits per heavy atom. The summed E-state index contributed by atoms with van der Waals surface area (Å²) in [4.78, 5) is 13.6. The van der Waals surface area contributed by atoms with Crippen molar-refractivity contribution in [2.24, 2.45) is 5.73 Å². The van der Waals surface area contributed by atoms with Crippen LogP contribution < -0.4 is 10.5 Å². The molecule has 1 saturated heterocycles. The van der Waals surface area contributed by atoms with E-state index in [1.54, 1.807) is 4.90 Å². The van der Waals surface area contributed by atoms with E-state index in [4.69, 9.17) is 5.73 Å². The lowest BCUT2D eigenvalue weighted by molar-refractivity contribution is -0.130. The van der Waals surface area contributed by atoms with Crippen LogP contribution in [-0.4, -0.2) is 62.7 Å². The van der Waals surface area contributed by atoms with Gasteiger partial charge in [0.2, 0.25) is 15.9 Å². The molecule has 1 rings (SSSR count). The van der Waals surface area contributed by atoms with Crippen LogP contribution in [0.3, 0.4) is 0 Å². The first-order valence-electron chi connectivity index (χ1n) is 5.97. The molecule has 3 N–H and O–H groups in total. The minimum Gasteiger partial charge on any atom is -0.341 e. The van der Waals surface area contributed by atoms with Crippen LogP contribution in [0.5, 0.6) is 0 Å². The highest BCUT2D eigenvalue weighted by molar-refractivity contribution is 7.99. The van der Waals surface area contributed by atoms with Gasteiger partial charge in [0.1, 0.15) is 0 Å². The lowest BCUT2D eigenvalue weighted by Gasteiger charge is -2.19. The molecule has 0 aromatic rings. The van der Waals surface area contributed by atoms with Crippen molar-refractivity contribution < 1.29 is 13.2 Å². The summed E-state index contributed by atoms with van der Waals surface area (Å²) in [5, 5.41) is 0. The zero-order valence-electron chi connectivity index (χ0n) is 11.0. The summed E-state index contributed by atoms with van der Waals surface area (Å²) in [6.45, 7) is 1.99. The highest BCUT2D eigenvalue weighted by Gasteiger charge is 2.23. The van der Waals surface area contributed by atoms with E-state index in [-0.39, 0.29) is 18.3 Å². The number of carbonyl (C=O) groups excluding carboxylic acids is 1. The normalized spacial score (nSPS) is 17.1. The first kappa shape index (κ1) is 19.0. The van der Waals surface area contributed by atoms with Crippen molar-refractivity contribution >= 4 is 40.1 Å². The summed E-state index contributed by atoms with van der Waals surface area (Å²) in [5.41, 5.74) is 5.81. The Balaban J connectivity index is 0.00000324. The molecule has 9 heteroatoms. The maximum atomic E-state index is 11.8. The van der Waals surface area contributed by atoms with E-state index in [9.17, 15) is 13.2 Å². The van der Waals surface area contributed by atoms with Crippen molar-refractivity contribution in [1.82, 2.24) is 9.62 Å². The van der Waals surface area contributed by atoms with Crippen LogP contribution in [0, 0.1) is 0 Å². The number of nitrogens with two attached hydrogens (primary N) is 1. The van der Waals surface area contributed by atoms with E-state index in [0.717, 1.165) is 32.2 Å². The van der Waals surface area contributed by atoms with Gasteiger partial charge in [0, 0.05) is 31.1 Å². The van der Waals surface area contributed by atoms with Gasteiger partial charge in [-0.2, -0.15) is 11.8 Å². The van der Waals surface area contributed by atoms with Crippen LogP contribution in [-0.2, 0) is 14.8 Å². The molecule has 1 amide bonds. The molecule has 0 unspecified atom stereocenters. The number of rotatable bonds is 7. The van der Waals surface area contributed by atoms with Gasteiger partial charge in [-0.1, -0.05) is 0 Å². The molecule has 0 radical (unpaired) electrons. The van der Waals surface area contributed by atoms with Crippen molar-refractivity contribution in [2.45, 2.75) is 18.9 Å². The van der Waals surface area contributed by atoms with Crippen molar-refractivity contribution in [3.05, 3.63) is 0 Å². The van der Waals surface area contributed by atoms with Crippen molar-refractivity contribution in [3.63, 3.8) is 0 Å². The molecule has 0 bridgehead atoms. The van der Waals surface area contributed by atoms with Crippen LogP contribution >= 0.6 is 24.2 Å². The highest BCUT2D eigenvalue weighted by Crippen LogP contribution is 2.10. The third-order valence-electron chi connectivity index (χ3n) is 2.64. The highest BCUT2D eigenvalue weighted by atomic mass is 35.5. The van der Waals surface area contributed by atoms with E-state index in [0.29, 0.717) is 18.1 Å². The zero-order chi connectivity index (χ0) is 13.6. The maximum Gasteiger partial charge on any atom is 0.240 e. The largest absolute Gasteiger partial charge is 0.341 e. The Morgan fingerprint density at radius 1 is 1.42 bits per heavy atom. The minimum absolute atomic E-state index is 0. The van der Waals surface area contributed by atoms with E-state index >= 15 is 0 Å². The van der Waals surface area contributed by atoms with E-state index < -0.39 is 16.1 Å². The van der Waals surface area contributed by atoms with Gasteiger partial charge in [-0.05, 0) is 12.8 Å². The van der Waals surface area contributed by atoms with Crippen molar-refractivity contribution in [1.29, 1.82) is 0 Å². The number of hydrogen-bond acceptors (Lipinski definition) is 5. The van der Waals surface area contributed by atoms with Gasteiger partial charge in [0.15, 0.2) is 0 Å².